The van der Waals surface area contributed by atoms with E-state index in [4.69, 9.17) is 4.74 Å². The van der Waals surface area contributed by atoms with Gasteiger partial charge in [-0.25, -0.2) is 0 Å². The lowest BCUT2D eigenvalue weighted by molar-refractivity contribution is -0.118. The van der Waals surface area contributed by atoms with Gasteiger partial charge in [0.25, 0.3) is 0 Å². The van der Waals surface area contributed by atoms with Crippen LogP contribution in [0.2, 0.25) is 0 Å². The quantitative estimate of drug-likeness (QED) is 0.421. The van der Waals surface area contributed by atoms with Crippen LogP contribution in [-0.2, 0) is 11.3 Å². The molecule has 0 radical (unpaired) electrons. The van der Waals surface area contributed by atoms with Crippen molar-refractivity contribution < 1.29 is 9.53 Å². The minimum Gasteiger partial charge on any atom is -0.497 e. The van der Waals surface area contributed by atoms with Gasteiger partial charge in [0.1, 0.15) is 5.75 Å². The summed E-state index contributed by atoms with van der Waals surface area (Å²) in [5, 5.41) is 12.4. The number of aromatic nitrogens is 3. The Kier molecular flexibility index (Phi) is 6.64. The Balaban J connectivity index is 1.54. The number of amides is 1. The van der Waals surface area contributed by atoms with E-state index in [1.807, 2.05) is 89.5 Å². The molecule has 0 saturated heterocycles. The Morgan fingerprint density at radius 2 is 1.61 bits per heavy atom. The fourth-order valence-electron chi connectivity index (χ4n) is 3.08. The fraction of sp³-hybridized carbons (Fsp3) is 0.125. The first-order chi connectivity index (χ1) is 15.2. The number of nitrogens with zero attached hydrogens (tertiary/aromatic N) is 3. The summed E-state index contributed by atoms with van der Waals surface area (Å²) in [4.78, 5) is 12.4. The lowest BCUT2D eigenvalue weighted by Crippen LogP contribution is -2.24. The summed E-state index contributed by atoms with van der Waals surface area (Å²) in [6, 6.07) is 27.4. The largest absolute Gasteiger partial charge is 0.497 e. The number of nitrogens with one attached hydrogen (secondary N) is 1. The van der Waals surface area contributed by atoms with Crippen molar-refractivity contribution in [1.29, 1.82) is 0 Å². The van der Waals surface area contributed by atoms with Crippen molar-refractivity contribution in [1.82, 2.24) is 20.1 Å². The first-order valence-electron chi connectivity index (χ1n) is 9.83. The van der Waals surface area contributed by atoms with Gasteiger partial charge in [-0.1, -0.05) is 72.4 Å². The minimum absolute atomic E-state index is 0.0561. The van der Waals surface area contributed by atoms with Gasteiger partial charge in [-0.15, -0.1) is 10.2 Å². The van der Waals surface area contributed by atoms with Crippen LogP contribution >= 0.6 is 11.8 Å². The van der Waals surface area contributed by atoms with Gasteiger partial charge in [-0.05, 0) is 29.8 Å². The highest BCUT2D eigenvalue weighted by Gasteiger charge is 2.17. The highest BCUT2D eigenvalue weighted by atomic mass is 32.2. The third kappa shape index (κ3) is 5.13. The van der Waals surface area contributed by atoms with Gasteiger partial charge in [0.05, 0.1) is 12.9 Å². The summed E-state index contributed by atoms with van der Waals surface area (Å²) < 4.78 is 7.24. The average molecular weight is 431 g/mol. The highest BCUT2D eigenvalue weighted by Crippen LogP contribution is 2.28. The molecule has 1 heterocycles. The number of thioether (sulfide) groups is 1. The molecule has 0 aliphatic heterocycles. The van der Waals surface area contributed by atoms with Crippen LogP contribution in [-0.4, -0.2) is 33.5 Å². The molecule has 0 unspecified atom stereocenters. The summed E-state index contributed by atoms with van der Waals surface area (Å²) >= 11 is 1.36. The number of benzene rings is 3. The van der Waals surface area contributed by atoms with Crippen LogP contribution in [0.25, 0.3) is 17.1 Å². The molecule has 156 valence electrons. The fourth-order valence-corrected chi connectivity index (χ4v) is 3.86. The van der Waals surface area contributed by atoms with E-state index in [9.17, 15) is 4.79 Å². The van der Waals surface area contributed by atoms with Crippen LogP contribution in [0.3, 0.4) is 0 Å². The van der Waals surface area contributed by atoms with Crippen LogP contribution in [0.4, 0.5) is 0 Å². The molecule has 31 heavy (non-hydrogen) atoms. The predicted molar refractivity (Wildman–Crippen MR) is 122 cm³/mol. The van der Waals surface area contributed by atoms with Crippen LogP contribution < -0.4 is 10.1 Å². The lowest BCUT2D eigenvalue weighted by Gasteiger charge is -2.11. The van der Waals surface area contributed by atoms with E-state index >= 15 is 0 Å². The molecule has 7 heteroatoms. The molecular formula is C24H22N4O2S. The summed E-state index contributed by atoms with van der Waals surface area (Å²) in [6.45, 7) is 0.501. The van der Waals surface area contributed by atoms with E-state index in [0.29, 0.717) is 11.7 Å². The molecule has 0 bridgehead atoms. The Hall–Kier alpha value is -3.58. The molecule has 6 nitrogen and oxygen atoms in total. The number of methoxy groups -OCH3 is 1. The van der Waals surface area contributed by atoms with Crippen LogP contribution in [0.15, 0.2) is 90.1 Å². The Labute approximate surface area is 185 Å². The lowest BCUT2D eigenvalue weighted by atomic mass is 10.2. The van der Waals surface area contributed by atoms with Crippen molar-refractivity contribution in [2.45, 2.75) is 11.7 Å². The second-order valence-electron chi connectivity index (χ2n) is 6.76. The Morgan fingerprint density at radius 1 is 0.935 bits per heavy atom. The van der Waals surface area contributed by atoms with Crippen molar-refractivity contribution in [3.8, 4) is 22.8 Å². The molecule has 1 aromatic heterocycles. The zero-order valence-electron chi connectivity index (χ0n) is 17.1. The third-order valence-electron chi connectivity index (χ3n) is 4.66. The second-order valence-corrected chi connectivity index (χ2v) is 7.70. The third-order valence-corrected chi connectivity index (χ3v) is 5.59. The molecule has 0 fully saturated rings. The maximum absolute atomic E-state index is 12.4. The van der Waals surface area contributed by atoms with Gasteiger partial charge >= 0.3 is 0 Å². The predicted octanol–water partition coefficient (Wildman–Crippen LogP) is 4.35. The molecule has 4 rings (SSSR count). The number of carbonyl (C=O) groups excluding carboxylic acids is 1. The molecule has 3 aromatic carbocycles. The van der Waals surface area contributed by atoms with E-state index in [-0.39, 0.29) is 11.7 Å². The van der Waals surface area contributed by atoms with Crippen LogP contribution in [0.5, 0.6) is 5.75 Å². The molecule has 1 amide bonds. The van der Waals surface area contributed by atoms with Crippen LogP contribution in [0, 0.1) is 0 Å². The van der Waals surface area contributed by atoms with Crippen molar-refractivity contribution in [2.75, 3.05) is 12.9 Å². The average Bonchev–Trinajstić information content (AvgIpc) is 3.26. The zero-order valence-corrected chi connectivity index (χ0v) is 17.9. The van der Waals surface area contributed by atoms with E-state index in [0.717, 1.165) is 28.4 Å². The van der Waals surface area contributed by atoms with E-state index in [2.05, 4.69) is 15.5 Å². The van der Waals surface area contributed by atoms with E-state index < -0.39 is 0 Å². The normalized spacial score (nSPS) is 10.6. The number of carbonyl (C=O) groups is 1. The molecule has 0 saturated carbocycles. The van der Waals surface area contributed by atoms with Gasteiger partial charge in [-0.3, -0.25) is 9.36 Å². The van der Waals surface area contributed by atoms with Crippen LogP contribution in [0.1, 0.15) is 5.56 Å². The molecule has 0 spiro atoms. The van der Waals surface area contributed by atoms with E-state index in [1.54, 1.807) is 7.11 Å². The summed E-state index contributed by atoms with van der Waals surface area (Å²) in [7, 11) is 1.64. The molecule has 4 aromatic rings. The second kappa shape index (κ2) is 9.95. The SMILES string of the molecule is COc1ccc(-n2c(SCC(=O)NCc3ccccc3)nnc2-c2ccccc2)cc1. The van der Waals surface area contributed by atoms with Gasteiger partial charge < -0.3 is 10.1 Å². The maximum atomic E-state index is 12.4. The molecule has 0 atom stereocenters. The summed E-state index contributed by atoms with van der Waals surface area (Å²) in [5.41, 5.74) is 2.91. The summed E-state index contributed by atoms with van der Waals surface area (Å²) in [6.07, 6.45) is 0. The van der Waals surface area contributed by atoms with Crippen molar-refractivity contribution in [3.05, 3.63) is 90.5 Å². The van der Waals surface area contributed by atoms with Gasteiger partial charge in [0, 0.05) is 17.8 Å². The first kappa shape index (κ1) is 20.7. The van der Waals surface area contributed by atoms with Gasteiger partial charge in [-0.2, -0.15) is 0 Å². The minimum atomic E-state index is -0.0561. The van der Waals surface area contributed by atoms with Gasteiger partial charge in [0.2, 0.25) is 5.91 Å². The number of hydrogen-bond donors (Lipinski definition) is 1. The maximum Gasteiger partial charge on any atom is 0.230 e. The van der Waals surface area contributed by atoms with Gasteiger partial charge in [0.15, 0.2) is 11.0 Å². The number of hydrogen-bond acceptors (Lipinski definition) is 5. The first-order valence-corrected chi connectivity index (χ1v) is 10.8. The summed E-state index contributed by atoms with van der Waals surface area (Å²) in [5.74, 6) is 1.68. The molecule has 0 aliphatic rings. The van der Waals surface area contributed by atoms with Crippen molar-refractivity contribution >= 4 is 17.7 Å². The topological polar surface area (TPSA) is 69.0 Å². The molecule has 1 N–H and O–H groups in total. The number of rotatable bonds is 8. The van der Waals surface area contributed by atoms with Crippen molar-refractivity contribution in [2.24, 2.45) is 0 Å². The van der Waals surface area contributed by atoms with Crippen molar-refractivity contribution in [3.63, 3.8) is 0 Å². The Bertz CT molecular complexity index is 1130. The highest BCUT2D eigenvalue weighted by molar-refractivity contribution is 7.99. The molecule has 0 aliphatic carbocycles. The zero-order chi connectivity index (χ0) is 21.5. The monoisotopic (exact) mass is 430 g/mol. The molecular weight excluding hydrogens is 408 g/mol. The van der Waals surface area contributed by atoms with E-state index in [1.165, 1.54) is 11.8 Å². The number of ether oxygens (including phenoxy) is 1. The standard InChI is InChI=1S/C24H22N4O2S/c1-30-21-14-12-20(13-15-21)28-23(19-10-6-3-7-11-19)26-27-24(28)31-17-22(29)25-16-18-8-4-2-5-9-18/h2-15H,16-17H2,1H3,(H,25,29). The Morgan fingerprint density at radius 3 is 2.29 bits per heavy atom. The smallest absolute Gasteiger partial charge is 0.230 e.